The lowest BCUT2D eigenvalue weighted by atomic mass is 9.98. The van der Waals surface area contributed by atoms with Gasteiger partial charge in [0.2, 0.25) is 0 Å². The highest BCUT2D eigenvalue weighted by Gasteiger charge is 2.42. The number of alkyl halides is 3. The maximum Gasteiger partial charge on any atom is 0.436 e. The third-order valence-electron chi connectivity index (χ3n) is 5.61. The van der Waals surface area contributed by atoms with Crippen molar-refractivity contribution in [2.75, 3.05) is 38.1 Å². The molecular formula is C22H22F3N5O2. The Bertz CT molecular complexity index is 1060. The number of hydrogen-bond acceptors (Lipinski definition) is 6. The van der Waals surface area contributed by atoms with Crippen LogP contribution in [0.5, 0.6) is 0 Å². The fourth-order valence-corrected chi connectivity index (χ4v) is 3.91. The number of ketones is 1. The number of aromatic nitrogens is 1. The number of anilines is 1. The first-order chi connectivity index (χ1) is 15.2. The molecule has 4 rings (SSSR count). The highest BCUT2D eigenvalue weighted by atomic mass is 19.4. The van der Waals surface area contributed by atoms with Crippen molar-refractivity contribution in [1.82, 2.24) is 15.2 Å². The van der Waals surface area contributed by atoms with Crippen molar-refractivity contribution >= 4 is 28.8 Å². The molecular weight excluding hydrogens is 423 g/mol. The summed E-state index contributed by atoms with van der Waals surface area (Å²) < 4.78 is 38.7. The van der Waals surface area contributed by atoms with Gasteiger partial charge in [0.25, 0.3) is 5.91 Å². The lowest BCUT2D eigenvalue weighted by molar-refractivity contribution is -0.116. The molecule has 0 saturated carbocycles. The second kappa shape index (κ2) is 8.70. The zero-order valence-corrected chi connectivity index (χ0v) is 17.4. The van der Waals surface area contributed by atoms with Gasteiger partial charge in [0, 0.05) is 46.2 Å². The Morgan fingerprint density at radius 3 is 2.50 bits per heavy atom. The highest BCUT2D eigenvalue weighted by molar-refractivity contribution is 6.43. The van der Waals surface area contributed by atoms with Gasteiger partial charge in [-0.25, -0.2) is 9.98 Å². The van der Waals surface area contributed by atoms with E-state index in [1.165, 1.54) is 0 Å². The van der Waals surface area contributed by atoms with E-state index in [0.29, 0.717) is 17.8 Å². The van der Waals surface area contributed by atoms with Crippen LogP contribution in [0.1, 0.15) is 21.6 Å². The number of fused-ring (bicyclic) bond motifs is 1. The Hall–Kier alpha value is -3.27. The second-order valence-corrected chi connectivity index (χ2v) is 7.77. The van der Waals surface area contributed by atoms with Crippen LogP contribution in [-0.2, 0) is 17.8 Å². The van der Waals surface area contributed by atoms with Crippen LogP contribution in [0.25, 0.3) is 0 Å². The van der Waals surface area contributed by atoms with Gasteiger partial charge >= 0.3 is 6.18 Å². The quantitative estimate of drug-likeness (QED) is 0.783. The number of pyridine rings is 1. The van der Waals surface area contributed by atoms with Crippen molar-refractivity contribution in [2.24, 2.45) is 4.99 Å². The largest absolute Gasteiger partial charge is 0.436 e. The molecule has 0 bridgehead atoms. The summed E-state index contributed by atoms with van der Waals surface area (Å²) in [5, 5.41) is 2.54. The Labute approximate surface area is 182 Å². The molecule has 2 aliphatic rings. The first kappa shape index (κ1) is 21.9. The molecule has 1 fully saturated rings. The van der Waals surface area contributed by atoms with Crippen molar-refractivity contribution in [2.45, 2.75) is 19.1 Å². The minimum absolute atomic E-state index is 0.207. The number of carbonyl (C=O) groups excluding carboxylic acids is 2. The van der Waals surface area contributed by atoms with Crippen molar-refractivity contribution in [3.8, 4) is 0 Å². The predicted octanol–water partition coefficient (Wildman–Crippen LogP) is 2.52. The standard InChI is InChI=1S/C22H22F3N5O2/c1-26-21(32)18-5-3-16(12-27-18)30-8-6-29(7-9-30)13-14-2-4-17-15(10-14)11-19(31)20(28-17)22(23,24)25/h2-5,10,12H,6-9,11,13H2,1H3,(H,26,32). The predicted molar refractivity (Wildman–Crippen MR) is 113 cm³/mol. The maximum atomic E-state index is 12.9. The molecule has 1 amide bonds. The molecule has 1 N–H and O–H groups in total. The first-order valence-electron chi connectivity index (χ1n) is 10.2. The molecule has 168 valence electrons. The number of halogens is 3. The van der Waals surface area contributed by atoms with E-state index in [9.17, 15) is 22.8 Å². The number of Topliss-reactive ketones (excluding diaryl/α,β-unsaturated/α-hetero) is 1. The highest BCUT2D eigenvalue weighted by Crippen LogP contribution is 2.31. The number of nitrogens with zero attached hydrogens (tertiary/aromatic N) is 4. The molecule has 7 nitrogen and oxygen atoms in total. The van der Waals surface area contributed by atoms with E-state index in [4.69, 9.17) is 0 Å². The van der Waals surface area contributed by atoms with Gasteiger partial charge in [-0.2, -0.15) is 13.2 Å². The van der Waals surface area contributed by atoms with Gasteiger partial charge in [-0.05, 0) is 29.3 Å². The van der Waals surface area contributed by atoms with Crippen molar-refractivity contribution in [3.05, 3.63) is 53.3 Å². The van der Waals surface area contributed by atoms with Crippen LogP contribution >= 0.6 is 0 Å². The van der Waals surface area contributed by atoms with E-state index in [-0.39, 0.29) is 18.0 Å². The van der Waals surface area contributed by atoms with Crippen LogP contribution in [0.3, 0.4) is 0 Å². The summed E-state index contributed by atoms with van der Waals surface area (Å²) in [6, 6.07) is 8.67. The summed E-state index contributed by atoms with van der Waals surface area (Å²) in [6.45, 7) is 3.79. The number of piperazine rings is 1. The third-order valence-corrected chi connectivity index (χ3v) is 5.61. The van der Waals surface area contributed by atoms with Gasteiger partial charge in [-0.3, -0.25) is 14.5 Å². The van der Waals surface area contributed by atoms with E-state index in [0.717, 1.165) is 37.4 Å². The van der Waals surface area contributed by atoms with Gasteiger partial charge < -0.3 is 10.2 Å². The molecule has 3 heterocycles. The van der Waals surface area contributed by atoms with E-state index < -0.39 is 17.7 Å². The topological polar surface area (TPSA) is 77.9 Å². The molecule has 1 saturated heterocycles. The summed E-state index contributed by atoms with van der Waals surface area (Å²) in [6.07, 6.45) is -3.32. The summed E-state index contributed by atoms with van der Waals surface area (Å²) in [5.41, 5.74) is 1.66. The molecule has 1 aromatic heterocycles. The lowest BCUT2D eigenvalue weighted by Gasteiger charge is -2.36. The molecule has 0 aliphatic carbocycles. The smallest absolute Gasteiger partial charge is 0.368 e. The van der Waals surface area contributed by atoms with Crippen LogP contribution in [0.2, 0.25) is 0 Å². The number of nitrogens with one attached hydrogen (secondary N) is 1. The Morgan fingerprint density at radius 2 is 1.88 bits per heavy atom. The van der Waals surface area contributed by atoms with Gasteiger partial charge in [0.1, 0.15) is 5.69 Å². The summed E-state index contributed by atoms with van der Waals surface area (Å²) in [7, 11) is 1.56. The van der Waals surface area contributed by atoms with E-state index in [1.807, 2.05) is 6.07 Å². The number of hydrogen-bond donors (Lipinski definition) is 1. The van der Waals surface area contributed by atoms with E-state index in [1.54, 1.807) is 37.5 Å². The van der Waals surface area contributed by atoms with E-state index >= 15 is 0 Å². The van der Waals surface area contributed by atoms with Gasteiger partial charge in [0.15, 0.2) is 11.5 Å². The van der Waals surface area contributed by atoms with Crippen LogP contribution in [-0.4, -0.2) is 66.7 Å². The summed E-state index contributed by atoms with van der Waals surface area (Å²) >= 11 is 0. The first-order valence-corrected chi connectivity index (χ1v) is 10.2. The number of rotatable bonds is 4. The lowest BCUT2D eigenvalue weighted by Crippen LogP contribution is -2.46. The summed E-state index contributed by atoms with van der Waals surface area (Å²) in [5.74, 6) is -1.22. The number of benzene rings is 1. The minimum Gasteiger partial charge on any atom is -0.368 e. The zero-order chi connectivity index (χ0) is 22.9. The van der Waals surface area contributed by atoms with Crippen molar-refractivity contribution in [1.29, 1.82) is 0 Å². The molecule has 0 spiro atoms. The maximum absolute atomic E-state index is 12.9. The van der Waals surface area contributed by atoms with Crippen LogP contribution in [0.15, 0.2) is 41.5 Å². The van der Waals surface area contributed by atoms with Crippen LogP contribution in [0.4, 0.5) is 24.5 Å². The second-order valence-electron chi connectivity index (χ2n) is 7.77. The minimum atomic E-state index is -4.73. The molecule has 0 unspecified atom stereocenters. The van der Waals surface area contributed by atoms with Gasteiger partial charge in [0.05, 0.1) is 17.6 Å². The fourth-order valence-electron chi connectivity index (χ4n) is 3.91. The molecule has 2 aliphatic heterocycles. The number of carbonyl (C=O) groups is 2. The third kappa shape index (κ3) is 4.64. The normalized spacial score (nSPS) is 17.1. The Kier molecular flexibility index (Phi) is 5.96. The average Bonchev–Trinajstić information content (AvgIpc) is 2.78. The average molecular weight is 445 g/mol. The monoisotopic (exact) mass is 445 g/mol. The van der Waals surface area contributed by atoms with Crippen molar-refractivity contribution in [3.63, 3.8) is 0 Å². The van der Waals surface area contributed by atoms with Gasteiger partial charge in [-0.1, -0.05) is 12.1 Å². The van der Waals surface area contributed by atoms with E-state index in [2.05, 4.69) is 25.1 Å². The Balaban J connectivity index is 1.37. The molecule has 1 aromatic carbocycles. The van der Waals surface area contributed by atoms with Crippen LogP contribution < -0.4 is 10.2 Å². The van der Waals surface area contributed by atoms with Crippen molar-refractivity contribution < 1.29 is 22.8 Å². The molecule has 0 radical (unpaired) electrons. The molecule has 10 heteroatoms. The van der Waals surface area contributed by atoms with Gasteiger partial charge in [-0.15, -0.1) is 0 Å². The SMILES string of the molecule is CNC(=O)c1ccc(N2CCN(Cc3ccc4c(c3)CC(=O)C(C(F)(F)F)=N4)CC2)cn1. The van der Waals surface area contributed by atoms with Crippen LogP contribution in [0, 0.1) is 0 Å². The molecule has 2 aromatic rings. The molecule has 32 heavy (non-hydrogen) atoms. The number of amides is 1. The fraction of sp³-hybridized carbons (Fsp3) is 0.364. The number of aliphatic imine (C=N–C) groups is 1. The molecule has 0 atom stereocenters. The zero-order valence-electron chi connectivity index (χ0n) is 17.4. The summed E-state index contributed by atoms with van der Waals surface area (Å²) in [4.78, 5) is 35.7. The Morgan fingerprint density at radius 1 is 1.12 bits per heavy atom.